The molecule has 0 atom stereocenters. The molecule has 0 aliphatic carbocycles. The molecule has 1 amide bonds. The number of likely N-dealkylation sites (tertiary alicyclic amines) is 1. The van der Waals surface area contributed by atoms with E-state index < -0.39 is 6.09 Å². The van der Waals surface area contributed by atoms with Gasteiger partial charge in [0.1, 0.15) is 5.82 Å². The highest BCUT2D eigenvalue weighted by molar-refractivity contribution is 5.65. The minimum atomic E-state index is -0.893. The molecule has 1 saturated heterocycles. The molecule has 0 saturated carbocycles. The monoisotopic (exact) mass is 267 g/mol. The summed E-state index contributed by atoms with van der Waals surface area (Å²) in [5, 5.41) is 8.94. The minimum Gasteiger partial charge on any atom is -0.465 e. The smallest absolute Gasteiger partial charge is 0.407 e. The number of methoxy groups -OCH3 is 1. The zero-order chi connectivity index (χ0) is 13.9. The zero-order valence-corrected chi connectivity index (χ0v) is 10.9. The molecular formula is C14H18FNO3. The fourth-order valence-electron chi connectivity index (χ4n) is 2.58. The molecule has 4 nitrogen and oxygen atoms in total. The lowest BCUT2D eigenvalue weighted by Crippen LogP contribution is -2.48. The third kappa shape index (κ3) is 3.23. The van der Waals surface area contributed by atoms with E-state index in [2.05, 4.69) is 0 Å². The van der Waals surface area contributed by atoms with Gasteiger partial charge < -0.3 is 14.7 Å². The average molecular weight is 267 g/mol. The van der Waals surface area contributed by atoms with Crippen LogP contribution in [0.3, 0.4) is 0 Å². The van der Waals surface area contributed by atoms with E-state index in [9.17, 15) is 9.18 Å². The van der Waals surface area contributed by atoms with Crippen LogP contribution in [0, 0.1) is 5.82 Å². The van der Waals surface area contributed by atoms with E-state index in [0.717, 1.165) is 5.56 Å². The maximum atomic E-state index is 13.2. The van der Waals surface area contributed by atoms with Crippen molar-refractivity contribution in [2.24, 2.45) is 0 Å². The second-order valence-corrected chi connectivity index (χ2v) is 4.96. The summed E-state index contributed by atoms with van der Waals surface area (Å²) in [5.41, 5.74) is 0.491. The van der Waals surface area contributed by atoms with E-state index in [1.165, 1.54) is 17.0 Å². The molecule has 1 aliphatic rings. The van der Waals surface area contributed by atoms with Crippen LogP contribution in [0.2, 0.25) is 0 Å². The van der Waals surface area contributed by atoms with Crippen LogP contribution >= 0.6 is 0 Å². The second kappa shape index (κ2) is 5.57. The first-order valence-corrected chi connectivity index (χ1v) is 6.32. The molecule has 19 heavy (non-hydrogen) atoms. The normalized spacial score (nSPS) is 18.3. The van der Waals surface area contributed by atoms with Gasteiger partial charge in [-0.2, -0.15) is 0 Å². The van der Waals surface area contributed by atoms with Crippen molar-refractivity contribution in [2.75, 3.05) is 20.2 Å². The highest BCUT2D eigenvalue weighted by Crippen LogP contribution is 2.30. The van der Waals surface area contributed by atoms with Crippen molar-refractivity contribution >= 4 is 6.09 Å². The van der Waals surface area contributed by atoms with Gasteiger partial charge >= 0.3 is 6.09 Å². The van der Waals surface area contributed by atoms with Crippen LogP contribution in [0.4, 0.5) is 9.18 Å². The number of rotatable bonds is 3. The van der Waals surface area contributed by atoms with Crippen molar-refractivity contribution in [3.05, 3.63) is 35.6 Å². The van der Waals surface area contributed by atoms with Crippen molar-refractivity contribution in [3.63, 3.8) is 0 Å². The van der Waals surface area contributed by atoms with Crippen molar-refractivity contribution in [1.82, 2.24) is 4.90 Å². The molecule has 1 aromatic carbocycles. The first kappa shape index (κ1) is 13.8. The average Bonchev–Trinajstić information content (AvgIpc) is 2.39. The number of hydrogen-bond acceptors (Lipinski definition) is 2. The van der Waals surface area contributed by atoms with Crippen LogP contribution in [-0.4, -0.2) is 41.9 Å². The van der Waals surface area contributed by atoms with Crippen molar-refractivity contribution in [2.45, 2.75) is 24.9 Å². The van der Waals surface area contributed by atoms with Crippen molar-refractivity contribution < 1.29 is 19.0 Å². The SMILES string of the molecule is COC1(Cc2cccc(F)c2)CCN(C(=O)O)CC1. The van der Waals surface area contributed by atoms with E-state index in [1.807, 2.05) is 6.07 Å². The van der Waals surface area contributed by atoms with Crippen molar-refractivity contribution in [3.8, 4) is 0 Å². The Morgan fingerprint density at radius 1 is 1.47 bits per heavy atom. The molecular weight excluding hydrogens is 249 g/mol. The van der Waals surface area contributed by atoms with E-state index >= 15 is 0 Å². The summed E-state index contributed by atoms with van der Waals surface area (Å²) in [6.45, 7) is 0.914. The summed E-state index contributed by atoms with van der Waals surface area (Å²) in [7, 11) is 1.63. The molecule has 1 heterocycles. The molecule has 5 heteroatoms. The second-order valence-electron chi connectivity index (χ2n) is 4.96. The Hall–Kier alpha value is -1.62. The number of benzene rings is 1. The quantitative estimate of drug-likeness (QED) is 0.915. The summed E-state index contributed by atoms with van der Waals surface area (Å²) in [6.07, 6.45) is 0.975. The molecule has 0 radical (unpaired) electrons. The van der Waals surface area contributed by atoms with Gasteiger partial charge in [0.05, 0.1) is 5.60 Å². The van der Waals surface area contributed by atoms with Gasteiger partial charge in [-0.05, 0) is 30.5 Å². The Bertz CT molecular complexity index is 456. The number of carbonyl (C=O) groups is 1. The summed E-state index contributed by atoms with van der Waals surface area (Å²) < 4.78 is 18.8. The third-order valence-corrected chi connectivity index (χ3v) is 3.79. The number of ether oxygens (including phenoxy) is 1. The Morgan fingerprint density at radius 2 is 2.16 bits per heavy atom. The lowest BCUT2D eigenvalue weighted by atomic mass is 9.85. The van der Waals surface area contributed by atoms with Crippen LogP contribution in [0.1, 0.15) is 18.4 Å². The van der Waals surface area contributed by atoms with Gasteiger partial charge in [0.15, 0.2) is 0 Å². The van der Waals surface area contributed by atoms with Gasteiger partial charge in [-0.3, -0.25) is 0 Å². The minimum absolute atomic E-state index is 0.258. The van der Waals surface area contributed by atoms with Gasteiger partial charge in [0.2, 0.25) is 0 Å². The maximum Gasteiger partial charge on any atom is 0.407 e. The first-order valence-electron chi connectivity index (χ1n) is 6.32. The number of piperidine rings is 1. The predicted octanol–water partition coefficient (Wildman–Crippen LogP) is 2.53. The standard InChI is InChI=1S/C14H18FNO3/c1-19-14(5-7-16(8-6-14)13(17)18)10-11-3-2-4-12(15)9-11/h2-4,9H,5-8,10H2,1H3,(H,17,18). The number of nitrogens with zero attached hydrogens (tertiary/aromatic N) is 1. The predicted molar refractivity (Wildman–Crippen MR) is 68.7 cm³/mol. The van der Waals surface area contributed by atoms with E-state index in [4.69, 9.17) is 9.84 Å². The van der Waals surface area contributed by atoms with Crippen LogP contribution in [0.25, 0.3) is 0 Å². The van der Waals surface area contributed by atoms with Gasteiger partial charge in [0, 0.05) is 26.6 Å². The number of amides is 1. The third-order valence-electron chi connectivity index (χ3n) is 3.79. The maximum absolute atomic E-state index is 13.2. The van der Waals surface area contributed by atoms with E-state index in [1.54, 1.807) is 13.2 Å². The fourth-order valence-corrected chi connectivity index (χ4v) is 2.58. The van der Waals surface area contributed by atoms with E-state index in [-0.39, 0.29) is 11.4 Å². The largest absolute Gasteiger partial charge is 0.465 e. The molecule has 1 N–H and O–H groups in total. The summed E-state index contributed by atoms with van der Waals surface area (Å²) in [5.74, 6) is -0.258. The topological polar surface area (TPSA) is 49.8 Å². The van der Waals surface area contributed by atoms with Gasteiger partial charge in [-0.15, -0.1) is 0 Å². The Balaban J connectivity index is 2.06. The lowest BCUT2D eigenvalue weighted by Gasteiger charge is -2.40. The van der Waals surface area contributed by atoms with Gasteiger partial charge in [0.25, 0.3) is 0 Å². The fraction of sp³-hybridized carbons (Fsp3) is 0.500. The number of carboxylic acid groups (broad SMARTS) is 1. The van der Waals surface area contributed by atoms with Crippen LogP contribution < -0.4 is 0 Å². The molecule has 0 spiro atoms. The Labute approximate surface area is 111 Å². The highest BCUT2D eigenvalue weighted by atomic mass is 19.1. The van der Waals surface area contributed by atoms with Gasteiger partial charge in [-0.25, -0.2) is 9.18 Å². The molecule has 0 unspecified atom stereocenters. The molecule has 1 aromatic rings. The Kier molecular flexibility index (Phi) is 4.04. The number of halogens is 1. The summed E-state index contributed by atoms with van der Waals surface area (Å²) >= 11 is 0. The van der Waals surface area contributed by atoms with Crippen LogP contribution in [-0.2, 0) is 11.2 Å². The number of hydrogen-bond donors (Lipinski definition) is 1. The zero-order valence-electron chi connectivity index (χ0n) is 10.9. The first-order chi connectivity index (χ1) is 9.04. The molecule has 1 fully saturated rings. The summed E-state index contributed by atoms with van der Waals surface area (Å²) in [6, 6.07) is 6.47. The van der Waals surface area contributed by atoms with Gasteiger partial charge in [-0.1, -0.05) is 12.1 Å². The highest BCUT2D eigenvalue weighted by Gasteiger charge is 2.36. The van der Waals surface area contributed by atoms with E-state index in [0.29, 0.717) is 32.4 Å². The Morgan fingerprint density at radius 3 is 2.68 bits per heavy atom. The lowest BCUT2D eigenvalue weighted by molar-refractivity contribution is -0.0524. The molecule has 1 aliphatic heterocycles. The summed E-state index contributed by atoms with van der Waals surface area (Å²) in [4.78, 5) is 12.3. The van der Waals surface area contributed by atoms with Crippen LogP contribution in [0.15, 0.2) is 24.3 Å². The van der Waals surface area contributed by atoms with Crippen molar-refractivity contribution in [1.29, 1.82) is 0 Å². The molecule has 2 rings (SSSR count). The van der Waals surface area contributed by atoms with Crippen LogP contribution in [0.5, 0.6) is 0 Å². The molecule has 0 bridgehead atoms. The molecule has 0 aromatic heterocycles. The molecule has 104 valence electrons.